The van der Waals surface area contributed by atoms with Crippen molar-refractivity contribution in [1.82, 2.24) is 5.32 Å². The fourth-order valence-electron chi connectivity index (χ4n) is 2.55. The van der Waals surface area contributed by atoms with Crippen molar-refractivity contribution in [3.8, 4) is 0 Å². The lowest BCUT2D eigenvalue weighted by molar-refractivity contribution is 0.0715. The van der Waals surface area contributed by atoms with Crippen LogP contribution in [-0.2, 0) is 4.74 Å². The maximum atomic E-state index is 12.4. The van der Waals surface area contributed by atoms with Gasteiger partial charge in [-0.3, -0.25) is 4.79 Å². The number of carbonyl (C=O) groups is 1. The van der Waals surface area contributed by atoms with Crippen LogP contribution in [0.1, 0.15) is 29.4 Å². The van der Waals surface area contributed by atoms with Crippen LogP contribution in [0.5, 0.6) is 0 Å². The predicted molar refractivity (Wildman–Crippen MR) is 90.4 cm³/mol. The summed E-state index contributed by atoms with van der Waals surface area (Å²) in [6.07, 6.45) is 2.16. The van der Waals surface area contributed by atoms with Crippen molar-refractivity contribution in [3.05, 3.63) is 32.6 Å². The zero-order chi connectivity index (χ0) is 15.0. The van der Waals surface area contributed by atoms with Crippen LogP contribution in [0.3, 0.4) is 0 Å². The summed E-state index contributed by atoms with van der Waals surface area (Å²) >= 11 is 11.2. The number of hydrogen-bond donors (Lipinski definition) is 1. The Labute approximate surface area is 140 Å². The van der Waals surface area contributed by atoms with Gasteiger partial charge in [-0.1, -0.05) is 33.6 Å². The molecule has 0 unspecified atom stereocenters. The molecule has 1 amide bonds. The van der Waals surface area contributed by atoms with Crippen molar-refractivity contribution in [3.63, 3.8) is 0 Å². The molecule has 1 aliphatic rings. The molecule has 3 rings (SSSR count). The number of hydrogen-bond acceptors (Lipinski definition) is 3. The molecule has 3 nitrogen and oxygen atoms in total. The fourth-order valence-corrected chi connectivity index (χ4v) is 4.52. The monoisotopic (exact) mass is 387 g/mol. The van der Waals surface area contributed by atoms with E-state index in [9.17, 15) is 4.79 Å². The summed E-state index contributed by atoms with van der Waals surface area (Å²) in [5, 5.41) is 4.45. The highest BCUT2D eigenvalue weighted by molar-refractivity contribution is 9.10. The Balaban J connectivity index is 1.82. The average Bonchev–Trinajstić information content (AvgIpc) is 3.07. The molecule has 1 saturated heterocycles. The normalized spacial score (nSPS) is 19.9. The summed E-state index contributed by atoms with van der Waals surface area (Å²) in [4.78, 5) is 13.0. The smallest absolute Gasteiger partial charge is 0.263 e. The van der Waals surface area contributed by atoms with E-state index in [2.05, 4.69) is 21.2 Å². The number of amides is 1. The Morgan fingerprint density at radius 2 is 2.38 bits per heavy atom. The van der Waals surface area contributed by atoms with E-state index in [0.717, 1.165) is 34.0 Å². The van der Waals surface area contributed by atoms with Gasteiger partial charge in [0.2, 0.25) is 0 Å². The van der Waals surface area contributed by atoms with Gasteiger partial charge in [-0.2, -0.15) is 0 Å². The van der Waals surface area contributed by atoms with Gasteiger partial charge in [-0.15, -0.1) is 11.3 Å². The van der Waals surface area contributed by atoms with Crippen LogP contribution >= 0.6 is 38.9 Å². The third-order valence-electron chi connectivity index (χ3n) is 3.68. The largest absolute Gasteiger partial charge is 0.376 e. The van der Waals surface area contributed by atoms with Crippen LogP contribution in [0.2, 0.25) is 5.02 Å². The van der Waals surface area contributed by atoms with Gasteiger partial charge in [0.05, 0.1) is 17.2 Å². The van der Waals surface area contributed by atoms with E-state index < -0.39 is 0 Å². The number of fused-ring (bicyclic) bond motifs is 1. The molecule has 0 saturated carbocycles. The molecule has 6 heteroatoms. The molecule has 21 heavy (non-hydrogen) atoms. The second kappa shape index (κ2) is 6.24. The Morgan fingerprint density at radius 1 is 1.57 bits per heavy atom. The van der Waals surface area contributed by atoms with Gasteiger partial charge in [-0.05, 0) is 31.9 Å². The quantitative estimate of drug-likeness (QED) is 0.833. The number of nitrogens with one attached hydrogen (secondary N) is 1. The summed E-state index contributed by atoms with van der Waals surface area (Å²) in [7, 11) is 0. The Kier molecular flexibility index (Phi) is 4.54. The molecule has 1 fully saturated rings. The molecule has 0 spiro atoms. The number of carbonyl (C=O) groups excluding carboxylic acids is 1. The summed E-state index contributed by atoms with van der Waals surface area (Å²) in [5.41, 5.74) is 0. The second-order valence-electron chi connectivity index (χ2n) is 5.20. The van der Waals surface area contributed by atoms with Crippen molar-refractivity contribution in [2.45, 2.75) is 31.9 Å². The third-order valence-corrected chi connectivity index (χ3v) is 5.83. The Morgan fingerprint density at radius 3 is 3.10 bits per heavy atom. The first kappa shape index (κ1) is 15.3. The third kappa shape index (κ3) is 3.11. The van der Waals surface area contributed by atoms with Crippen molar-refractivity contribution in [2.75, 3.05) is 6.61 Å². The van der Waals surface area contributed by atoms with Crippen molar-refractivity contribution < 1.29 is 9.53 Å². The highest BCUT2D eigenvalue weighted by Crippen LogP contribution is 2.36. The number of thiophene rings is 1. The molecule has 0 radical (unpaired) electrons. The summed E-state index contributed by atoms with van der Waals surface area (Å²) in [6.45, 7) is 2.76. The van der Waals surface area contributed by atoms with Crippen LogP contribution in [0, 0.1) is 0 Å². The molecular formula is C15H15BrClNO2S. The maximum absolute atomic E-state index is 12.4. The standard InChI is InChI=1S/C15H15BrClNO2S/c1-8(11-3-2-6-20-11)18-15(19)14-13(17)10-5-4-9(16)7-12(10)21-14/h4-5,7-8,11H,2-3,6H2,1H3,(H,18,19)/t8-,11+/m0/s1. The molecule has 2 atom stereocenters. The second-order valence-corrected chi connectivity index (χ2v) is 7.55. The number of halogens is 2. The average molecular weight is 389 g/mol. The zero-order valence-corrected chi connectivity index (χ0v) is 14.6. The number of rotatable bonds is 3. The maximum Gasteiger partial charge on any atom is 0.263 e. The minimum absolute atomic E-state index is 0.00647. The van der Waals surface area contributed by atoms with Crippen LogP contribution in [0.4, 0.5) is 0 Å². The number of ether oxygens (including phenoxy) is 1. The summed E-state index contributed by atoms with van der Waals surface area (Å²) in [5.74, 6) is -0.125. The van der Waals surface area contributed by atoms with Crippen LogP contribution < -0.4 is 5.32 Å². The minimum atomic E-state index is -0.125. The molecule has 1 aromatic carbocycles. The molecular weight excluding hydrogens is 374 g/mol. The summed E-state index contributed by atoms with van der Waals surface area (Å²) in [6, 6.07) is 5.83. The van der Waals surface area contributed by atoms with E-state index >= 15 is 0 Å². The van der Waals surface area contributed by atoms with Crippen LogP contribution in [0.25, 0.3) is 10.1 Å². The lowest BCUT2D eigenvalue weighted by Crippen LogP contribution is -2.40. The first-order chi connectivity index (χ1) is 10.1. The highest BCUT2D eigenvalue weighted by atomic mass is 79.9. The molecule has 2 aromatic rings. The zero-order valence-electron chi connectivity index (χ0n) is 11.5. The first-order valence-corrected chi connectivity index (χ1v) is 8.85. The predicted octanol–water partition coefficient (Wildman–Crippen LogP) is 4.61. The Hall–Kier alpha value is -0.620. The van der Waals surface area contributed by atoms with Gasteiger partial charge in [-0.25, -0.2) is 0 Å². The molecule has 112 valence electrons. The van der Waals surface area contributed by atoms with E-state index in [1.54, 1.807) is 0 Å². The lowest BCUT2D eigenvalue weighted by Gasteiger charge is -2.19. The van der Waals surface area contributed by atoms with Gasteiger partial charge in [0, 0.05) is 21.2 Å². The van der Waals surface area contributed by atoms with Gasteiger partial charge >= 0.3 is 0 Å². The molecule has 1 aromatic heterocycles. The molecule has 0 aliphatic carbocycles. The van der Waals surface area contributed by atoms with Crippen molar-refractivity contribution in [2.24, 2.45) is 0 Å². The topological polar surface area (TPSA) is 38.3 Å². The highest BCUT2D eigenvalue weighted by Gasteiger charge is 2.25. The molecule has 1 aliphatic heterocycles. The van der Waals surface area contributed by atoms with Gasteiger partial charge in [0.25, 0.3) is 5.91 Å². The van der Waals surface area contributed by atoms with E-state index in [1.807, 2.05) is 25.1 Å². The van der Waals surface area contributed by atoms with E-state index in [4.69, 9.17) is 16.3 Å². The van der Waals surface area contributed by atoms with E-state index in [1.165, 1.54) is 11.3 Å². The molecule has 1 N–H and O–H groups in total. The van der Waals surface area contributed by atoms with E-state index in [-0.39, 0.29) is 18.1 Å². The molecule has 0 bridgehead atoms. The van der Waals surface area contributed by atoms with E-state index in [0.29, 0.717) is 9.90 Å². The van der Waals surface area contributed by atoms with Crippen LogP contribution in [0.15, 0.2) is 22.7 Å². The minimum Gasteiger partial charge on any atom is -0.376 e. The van der Waals surface area contributed by atoms with Crippen molar-refractivity contribution in [1.29, 1.82) is 0 Å². The number of benzene rings is 1. The summed E-state index contributed by atoms with van der Waals surface area (Å²) < 4.78 is 7.59. The lowest BCUT2D eigenvalue weighted by atomic mass is 10.1. The van der Waals surface area contributed by atoms with Crippen molar-refractivity contribution >= 4 is 54.9 Å². The van der Waals surface area contributed by atoms with Gasteiger partial charge in [0.1, 0.15) is 4.88 Å². The SMILES string of the molecule is C[C@H](NC(=O)c1sc2cc(Br)ccc2c1Cl)[C@H]1CCCO1. The van der Waals surface area contributed by atoms with Gasteiger partial charge in [0.15, 0.2) is 0 Å². The fraction of sp³-hybridized carbons (Fsp3) is 0.400. The Bertz CT molecular complexity index is 682. The first-order valence-electron chi connectivity index (χ1n) is 6.86. The van der Waals surface area contributed by atoms with Crippen LogP contribution in [-0.4, -0.2) is 24.7 Å². The molecule has 2 heterocycles. The van der Waals surface area contributed by atoms with Gasteiger partial charge < -0.3 is 10.1 Å².